The molecule has 0 radical (unpaired) electrons. The fourth-order valence-electron chi connectivity index (χ4n) is 3.54. The largest absolute Gasteiger partial charge is 0.468 e. The maximum atomic E-state index is 5.50. The number of nitrogens with zero attached hydrogens (tertiary/aromatic N) is 4. The zero-order valence-electron chi connectivity index (χ0n) is 13.5. The summed E-state index contributed by atoms with van der Waals surface area (Å²) in [5.74, 6) is 1.81. The molecule has 0 saturated heterocycles. The van der Waals surface area contributed by atoms with Gasteiger partial charge in [-0.25, -0.2) is 4.98 Å². The highest BCUT2D eigenvalue weighted by Gasteiger charge is 2.30. The maximum absolute atomic E-state index is 5.50. The number of hydrogen-bond acceptors (Lipinski definition) is 5. The third-order valence-corrected chi connectivity index (χ3v) is 4.98. The Labute approximate surface area is 140 Å². The van der Waals surface area contributed by atoms with E-state index in [1.165, 1.54) is 30.5 Å². The van der Waals surface area contributed by atoms with Crippen LogP contribution in [0.15, 0.2) is 39.9 Å². The van der Waals surface area contributed by atoms with E-state index < -0.39 is 0 Å². The van der Waals surface area contributed by atoms with E-state index in [0.717, 1.165) is 55.7 Å². The first-order chi connectivity index (χ1) is 11.9. The molecule has 1 aliphatic heterocycles. The fraction of sp³-hybridized carbons (Fsp3) is 0.444. The summed E-state index contributed by atoms with van der Waals surface area (Å²) in [6.07, 6.45) is 8.59. The van der Waals surface area contributed by atoms with Gasteiger partial charge in [-0.15, -0.1) is 0 Å². The summed E-state index contributed by atoms with van der Waals surface area (Å²) in [5.41, 5.74) is 4.47. The lowest BCUT2D eigenvalue weighted by molar-refractivity contribution is 0.223. The molecule has 3 aromatic heterocycles. The highest BCUT2D eigenvalue weighted by atomic mass is 16.3. The van der Waals surface area contributed by atoms with E-state index in [1.807, 2.05) is 12.1 Å². The number of aromatic nitrogens is 3. The van der Waals surface area contributed by atoms with Gasteiger partial charge in [0.1, 0.15) is 23.4 Å². The van der Waals surface area contributed by atoms with Gasteiger partial charge in [-0.3, -0.25) is 9.58 Å². The number of furan rings is 1. The minimum atomic E-state index is 0.806. The van der Waals surface area contributed by atoms with E-state index in [1.54, 1.807) is 12.5 Å². The second-order valence-corrected chi connectivity index (χ2v) is 6.81. The Bertz CT molecular complexity index is 816. The third-order valence-electron chi connectivity index (χ3n) is 4.98. The van der Waals surface area contributed by atoms with Crippen LogP contribution < -0.4 is 0 Å². The summed E-state index contributed by atoms with van der Waals surface area (Å²) in [6, 6.07) is 3.98. The van der Waals surface area contributed by atoms with Crippen molar-refractivity contribution in [3.8, 4) is 11.4 Å². The van der Waals surface area contributed by atoms with Gasteiger partial charge in [0.25, 0.3) is 0 Å². The molecule has 2 aliphatic rings. The molecule has 124 valence electrons. The molecule has 24 heavy (non-hydrogen) atoms. The monoisotopic (exact) mass is 324 g/mol. The Morgan fingerprint density at radius 3 is 3.00 bits per heavy atom. The standard InChI is InChI=1S/C18H20N4O2/c1-2-14(24-7-1)9-21-6-5-17-15(10-21)18(16-11-23-12-19-16)20-22(17)8-13-3-4-13/h1-2,7,11-13H,3-6,8-10H2. The molecule has 0 amide bonds. The molecule has 1 aliphatic carbocycles. The van der Waals surface area contributed by atoms with Gasteiger partial charge in [0.05, 0.1) is 12.8 Å². The van der Waals surface area contributed by atoms with Crippen molar-refractivity contribution in [3.05, 3.63) is 48.1 Å². The summed E-state index contributed by atoms with van der Waals surface area (Å²) in [7, 11) is 0. The molecule has 0 spiro atoms. The van der Waals surface area contributed by atoms with Crippen LogP contribution in [0.3, 0.4) is 0 Å². The van der Waals surface area contributed by atoms with Gasteiger partial charge in [-0.2, -0.15) is 5.10 Å². The second-order valence-electron chi connectivity index (χ2n) is 6.81. The zero-order valence-corrected chi connectivity index (χ0v) is 13.5. The number of rotatable bonds is 5. The van der Waals surface area contributed by atoms with E-state index in [0.29, 0.717) is 0 Å². The van der Waals surface area contributed by atoms with Gasteiger partial charge in [0.15, 0.2) is 6.39 Å². The normalized spacial score (nSPS) is 18.0. The van der Waals surface area contributed by atoms with E-state index in [9.17, 15) is 0 Å². The lowest BCUT2D eigenvalue weighted by Gasteiger charge is -2.26. The summed E-state index contributed by atoms with van der Waals surface area (Å²) < 4.78 is 12.9. The predicted octanol–water partition coefficient (Wildman–Crippen LogP) is 3.10. The summed E-state index contributed by atoms with van der Waals surface area (Å²) in [5, 5.41) is 4.89. The van der Waals surface area contributed by atoms with E-state index in [2.05, 4.69) is 14.6 Å². The van der Waals surface area contributed by atoms with E-state index in [4.69, 9.17) is 13.9 Å². The van der Waals surface area contributed by atoms with Crippen LogP contribution in [-0.2, 0) is 26.1 Å². The Hall–Kier alpha value is -2.34. The molecule has 6 nitrogen and oxygen atoms in total. The van der Waals surface area contributed by atoms with Crippen molar-refractivity contribution in [2.24, 2.45) is 5.92 Å². The number of oxazole rings is 1. The van der Waals surface area contributed by atoms with Gasteiger partial charge in [0, 0.05) is 37.3 Å². The molecule has 6 heteroatoms. The van der Waals surface area contributed by atoms with Crippen molar-refractivity contribution in [3.63, 3.8) is 0 Å². The van der Waals surface area contributed by atoms with Gasteiger partial charge in [-0.05, 0) is 30.9 Å². The molecule has 0 N–H and O–H groups in total. The van der Waals surface area contributed by atoms with Crippen LogP contribution in [0.1, 0.15) is 29.9 Å². The SMILES string of the molecule is c1coc(CN2CCc3c(c(-c4cocn4)nn3CC3CC3)C2)c1. The van der Waals surface area contributed by atoms with Crippen LogP contribution in [0.25, 0.3) is 11.4 Å². The second kappa shape index (κ2) is 5.63. The summed E-state index contributed by atoms with van der Waals surface area (Å²) >= 11 is 0. The van der Waals surface area contributed by atoms with Crippen LogP contribution in [0, 0.1) is 5.92 Å². The minimum Gasteiger partial charge on any atom is -0.468 e. The number of hydrogen-bond donors (Lipinski definition) is 0. The van der Waals surface area contributed by atoms with Crippen molar-refractivity contribution in [2.75, 3.05) is 6.54 Å². The van der Waals surface area contributed by atoms with Crippen LogP contribution in [0.5, 0.6) is 0 Å². The van der Waals surface area contributed by atoms with Gasteiger partial charge in [0.2, 0.25) is 0 Å². The minimum absolute atomic E-state index is 0.806. The average Bonchev–Trinajstić information content (AvgIpc) is 3.00. The van der Waals surface area contributed by atoms with Gasteiger partial charge in [-0.1, -0.05) is 0 Å². The van der Waals surface area contributed by atoms with Crippen molar-refractivity contribution in [2.45, 2.75) is 38.9 Å². The first-order valence-electron chi connectivity index (χ1n) is 8.58. The average molecular weight is 324 g/mol. The Balaban J connectivity index is 1.47. The molecular weight excluding hydrogens is 304 g/mol. The lowest BCUT2D eigenvalue weighted by Crippen LogP contribution is -2.30. The molecule has 0 unspecified atom stereocenters. The summed E-state index contributed by atoms with van der Waals surface area (Å²) in [6.45, 7) is 3.78. The van der Waals surface area contributed by atoms with Crippen LogP contribution in [-0.4, -0.2) is 26.2 Å². The maximum Gasteiger partial charge on any atom is 0.181 e. The molecule has 0 atom stereocenters. The van der Waals surface area contributed by atoms with Gasteiger partial charge < -0.3 is 8.83 Å². The topological polar surface area (TPSA) is 60.2 Å². The highest BCUT2D eigenvalue weighted by molar-refractivity contribution is 5.59. The smallest absolute Gasteiger partial charge is 0.181 e. The zero-order chi connectivity index (χ0) is 15.9. The first-order valence-corrected chi connectivity index (χ1v) is 8.58. The predicted molar refractivity (Wildman–Crippen MR) is 87.0 cm³/mol. The molecule has 1 fully saturated rings. The molecular formula is C18H20N4O2. The van der Waals surface area contributed by atoms with Gasteiger partial charge >= 0.3 is 0 Å². The van der Waals surface area contributed by atoms with Crippen LogP contribution >= 0.6 is 0 Å². The molecule has 0 aromatic carbocycles. The molecule has 5 rings (SSSR count). The molecule has 0 bridgehead atoms. The van der Waals surface area contributed by atoms with Crippen LogP contribution in [0.4, 0.5) is 0 Å². The number of fused-ring (bicyclic) bond motifs is 1. The summed E-state index contributed by atoms with van der Waals surface area (Å²) in [4.78, 5) is 6.73. The van der Waals surface area contributed by atoms with E-state index in [-0.39, 0.29) is 0 Å². The fourth-order valence-corrected chi connectivity index (χ4v) is 3.54. The quantitative estimate of drug-likeness (QED) is 0.722. The van der Waals surface area contributed by atoms with Crippen molar-refractivity contribution >= 4 is 0 Å². The Morgan fingerprint density at radius 1 is 1.29 bits per heavy atom. The van der Waals surface area contributed by atoms with Crippen molar-refractivity contribution < 1.29 is 8.83 Å². The van der Waals surface area contributed by atoms with Crippen molar-refractivity contribution in [1.29, 1.82) is 0 Å². The van der Waals surface area contributed by atoms with E-state index >= 15 is 0 Å². The lowest BCUT2D eigenvalue weighted by atomic mass is 10.0. The first kappa shape index (κ1) is 14.0. The Kier molecular flexibility index (Phi) is 3.29. The highest BCUT2D eigenvalue weighted by Crippen LogP contribution is 2.34. The Morgan fingerprint density at radius 2 is 2.25 bits per heavy atom. The molecule has 1 saturated carbocycles. The molecule has 4 heterocycles. The molecule has 3 aromatic rings. The third kappa shape index (κ3) is 2.57. The van der Waals surface area contributed by atoms with Crippen LogP contribution in [0.2, 0.25) is 0 Å². The van der Waals surface area contributed by atoms with Crippen molar-refractivity contribution in [1.82, 2.24) is 19.7 Å².